The van der Waals surface area contributed by atoms with Gasteiger partial charge < -0.3 is 20.7 Å². The minimum Gasteiger partial charge on any atom is -0.444 e. The van der Waals surface area contributed by atoms with E-state index in [-0.39, 0.29) is 24.0 Å². The Labute approximate surface area is 208 Å². The largest absolute Gasteiger partial charge is 0.444 e. The first kappa shape index (κ1) is 27.9. The fourth-order valence-corrected chi connectivity index (χ4v) is 4.02. The summed E-state index contributed by atoms with van der Waals surface area (Å²) < 4.78 is 5.22. The highest BCUT2D eigenvalue weighted by Gasteiger charge is 2.20. The maximum Gasteiger partial charge on any atom is 0.407 e. The minimum atomic E-state index is -0.483. The van der Waals surface area contributed by atoms with Gasteiger partial charge in [-0.2, -0.15) is 0 Å². The molecular weight excluding hydrogens is 527 g/mol. The Balaban J connectivity index is 0.00000480. The number of piperidine rings is 1. The first-order valence-corrected chi connectivity index (χ1v) is 11.7. The smallest absolute Gasteiger partial charge is 0.407 e. The van der Waals surface area contributed by atoms with E-state index >= 15 is 0 Å². The standard InChI is InChI=1S/C21H38N6O2S.HI/c1-6-18-26-17(15-30-18)14-27-11-7-16(8-12-27)13-25-19(22-5)23-9-10-24-20(28)29-21(2,3)4;/h15-16H,6-14H2,1-5H3,(H,24,28)(H2,22,23,25);1H. The number of hydrogen-bond acceptors (Lipinski definition) is 6. The number of amides is 1. The number of carbonyl (C=O) groups is 1. The van der Waals surface area contributed by atoms with Gasteiger partial charge in [0.2, 0.25) is 0 Å². The van der Waals surface area contributed by atoms with Crippen molar-refractivity contribution in [1.29, 1.82) is 0 Å². The summed E-state index contributed by atoms with van der Waals surface area (Å²) in [5.74, 6) is 1.40. The van der Waals surface area contributed by atoms with E-state index in [1.54, 1.807) is 18.4 Å². The number of ether oxygens (including phenoxy) is 1. The molecule has 0 saturated carbocycles. The van der Waals surface area contributed by atoms with Gasteiger partial charge in [0.15, 0.2) is 5.96 Å². The van der Waals surface area contributed by atoms with Crippen molar-refractivity contribution in [2.45, 2.75) is 59.1 Å². The Morgan fingerprint density at radius 3 is 2.52 bits per heavy atom. The lowest BCUT2D eigenvalue weighted by Crippen LogP contribution is -2.45. The van der Waals surface area contributed by atoms with Gasteiger partial charge in [-0.25, -0.2) is 9.78 Å². The van der Waals surface area contributed by atoms with E-state index in [9.17, 15) is 4.79 Å². The molecule has 0 unspecified atom stereocenters. The Kier molecular flexibility index (Phi) is 12.7. The quantitative estimate of drug-likeness (QED) is 0.194. The summed E-state index contributed by atoms with van der Waals surface area (Å²) in [4.78, 5) is 23.1. The molecule has 0 atom stereocenters. The van der Waals surface area contributed by atoms with Gasteiger partial charge in [0.1, 0.15) is 5.60 Å². The van der Waals surface area contributed by atoms with E-state index in [0.29, 0.717) is 19.0 Å². The molecular formula is C21H39IN6O2S. The van der Waals surface area contributed by atoms with Crippen LogP contribution >= 0.6 is 35.3 Å². The zero-order valence-electron chi connectivity index (χ0n) is 19.5. The zero-order valence-corrected chi connectivity index (χ0v) is 22.6. The number of guanidine groups is 1. The van der Waals surface area contributed by atoms with Crippen molar-refractivity contribution in [3.8, 4) is 0 Å². The monoisotopic (exact) mass is 566 g/mol. The van der Waals surface area contributed by atoms with Crippen LogP contribution in [-0.2, 0) is 17.7 Å². The summed E-state index contributed by atoms with van der Waals surface area (Å²) in [5.41, 5.74) is 0.724. The van der Waals surface area contributed by atoms with E-state index in [4.69, 9.17) is 4.74 Å². The first-order chi connectivity index (χ1) is 14.3. The predicted molar refractivity (Wildman–Crippen MR) is 139 cm³/mol. The summed E-state index contributed by atoms with van der Waals surface area (Å²) in [6.07, 6.45) is 2.97. The Morgan fingerprint density at radius 2 is 1.94 bits per heavy atom. The minimum absolute atomic E-state index is 0. The number of carbonyl (C=O) groups excluding carboxylic acids is 1. The normalized spacial score (nSPS) is 15.8. The van der Waals surface area contributed by atoms with Crippen LogP contribution in [0.1, 0.15) is 51.2 Å². The topological polar surface area (TPSA) is 90.9 Å². The van der Waals surface area contributed by atoms with E-state index < -0.39 is 11.7 Å². The third-order valence-corrected chi connectivity index (χ3v) is 5.90. The van der Waals surface area contributed by atoms with Gasteiger partial charge in [-0.15, -0.1) is 35.3 Å². The van der Waals surface area contributed by atoms with Crippen LogP contribution in [0.2, 0.25) is 0 Å². The molecule has 0 aliphatic carbocycles. The summed E-state index contributed by atoms with van der Waals surface area (Å²) in [6.45, 7) is 12.9. The first-order valence-electron chi connectivity index (χ1n) is 10.9. The molecule has 2 rings (SSSR count). The number of thiazole rings is 1. The number of alkyl carbamates (subject to hydrolysis) is 1. The van der Waals surface area contributed by atoms with Gasteiger partial charge in [-0.1, -0.05) is 6.92 Å². The number of nitrogens with zero attached hydrogens (tertiary/aromatic N) is 3. The Morgan fingerprint density at radius 1 is 1.26 bits per heavy atom. The van der Waals surface area contributed by atoms with E-state index in [2.05, 4.69) is 43.1 Å². The molecule has 1 aromatic heterocycles. The number of aryl methyl sites for hydroxylation is 1. The third-order valence-electron chi connectivity index (χ3n) is 4.86. The fraction of sp³-hybridized carbons (Fsp3) is 0.762. The molecule has 2 heterocycles. The SMILES string of the molecule is CCc1nc(CN2CCC(CNC(=NC)NCCNC(=O)OC(C)(C)C)CC2)cs1.I. The molecule has 10 heteroatoms. The fourth-order valence-electron chi connectivity index (χ4n) is 3.28. The van der Waals surface area contributed by atoms with Crippen LogP contribution in [0, 0.1) is 5.92 Å². The van der Waals surface area contributed by atoms with Crippen molar-refractivity contribution in [2.24, 2.45) is 10.9 Å². The lowest BCUT2D eigenvalue weighted by atomic mass is 9.97. The number of nitrogens with one attached hydrogen (secondary N) is 3. The van der Waals surface area contributed by atoms with Gasteiger partial charge in [0, 0.05) is 38.6 Å². The van der Waals surface area contributed by atoms with Crippen molar-refractivity contribution in [2.75, 3.05) is 39.8 Å². The summed E-state index contributed by atoms with van der Waals surface area (Å²) >= 11 is 1.77. The van der Waals surface area contributed by atoms with E-state index in [1.807, 2.05) is 20.8 Å². The summed E-state index contributed by atoms with van der Waals surface area (Å²) in [7, 11) is 1.76. The van der Waals surface area contributed by atoms with Gasteiger partial charge in [-0.3, -0.25) is 9.89 Å². The lowest BCUT2D eigenvalue weighted by molar-refractivity contribution is 0.0529. The van der Waals surface area contributed by atoms with Gasteiger partial charge in [-0.05, 0) is 59.0 Å². The number of halogens is 1. The molecule has 1 amide bonds. The number of hydrogen-bond donors (Lipinski definition) is 3. The van der Waals surface area contributed by atoms with Crippen LogP contribution in [0.4, 0.5) is 4.79 Å². The molecule has 31 heavy (non-hydrogen) atoms. The number of aromatic nitrogens is 1. The summed E-state index contributed by atoms with van der Waals surface area (Å²) in [5, 5.41) is 12.8. The second-order valence-corrected chi connectivity index (χ2v) is 9.56. The molecule has 0 radical (unpaired) electrons. The van der Waals surface area contributed by atoms with Crippen molar-refractivity contribution >= 4 is 47.4 Å². The highest BCUT2D eigenvalue weighted by atomic mass is 127. The molecule has 0 bridgehead atoms. The second-order valence-electron chi connectivity index (χ2n) is 8.61. The maximum absolute atomic E-state index is 11.6. The van der Waals surface area contributed by atoms with Crippen LogP contribution in [0.3, 0.4) is 0 Å². The maximum atomic E-state index is 11.6. The molecule has 1 aliphatic rings. The van der Waals surface area contributed by atoms with Crippen LogP contribution in [0.15, 0.2) is 10.4 Å². The van der Waals surface area contributed by atoms with Crippen molar-refractivity contribution in [3.05, 3.63) is 16.1 Å². The molecule has 178 valence electrons. The average Bonchev–Trinajstić information content (AvgIpc) is 3.15. The average molecular weight is 567 g/mol. The van der Waals surface area contributed by atoms with Crippen molar-refractivity contribution in [3.63, 3.8) is 0 Å². The third kappa shape index (κ3) is 11.3. The lowest BCUT2D eigenvalue weighted by Gasteiger charge is -2.31. The van der Waals surface area contributed by atoms with Crippen LogP contribution in [0.25, 0.3) is 0 Å². The highest BCUT2D eigenvalue weighted by Crippen LogP contribution is 2.19. The van der Waals surface area contributed by atoms with Gasteiger partial charge in [0.05, 0.1) is 10.7 Å². The number of rotatable bonds is 8. The number of aliphatic imine (C=N–C) groups is 1. The summed E-state index contributed by atoms with van der Waals surface area (Å²) in [6, 6.07) is 0. The Bertz CT molecular complexity index is 684. The molecule has 1 fully saturated rings. The van der Waals surface area contributed by atoms with E-state index in [1.165, 1.54) is 23.5 Å². The molecule has 1 saturated heterocycles. The molecule has 0 aromatic carbocycles. The molecule has 3 N–H and O–H groups in total. The van der Waals surface area contributed by atoms with Crippen molar-refractivity contribution in [1.82, 2.24) is 25.8 Å². The van der Waals surface area contributed by atoms with Crippen molar-refractivity contribution < 1.29 is 9.53 Å². The molecule has 1 aliphatic heterocycles. The van der Waals surface area contributed by atoms with Gasteiger partial charge in [0.25, 0.3) is 0 Å². The van der Waals surface area contributed by atoms with Crippen LogP contribution in [0.5, 0.6) is 0 Å². The van der Waals surface area contributed by atoms with E-state index in [0.717, 1.165) is 38.6 Å². The second kappa shape index (κ2) is 14.1. The number of likely N-dealkylation sites (tertiary alicyclic amines) is 1. The van der Waals surface area contributed by atoms with Crippen LogP contribution in [-0.4, -0.2) is 67.3 Å². The highest BCUT2D eigenvalue weighted by molar-refractivity contribution is 14.0. The zero-order chi connectivity index (χ0) is 22.0. The predicted octanol–water partition coefficient (Wildman–Crippen LogP) is 3.23. The molecule has 8 nitrogen and oxygen atoms in total. The molecule has 0 spiro atoms. The van der Waals surface area contributed by atoms with Gasteiger partial charge >= 0.3 is 6.09 Å². The molecule has 1 aromatic rings. The van der Waals surface area contributed by atoms with Crippen LogP contribution < -0.4 is 16.0 Å². The Hall–Kier alpha value is -1.14.